The molecule has 28 heavy (non-hydrogen) atoms. The van der Waals surface area contributed by atoms with E-state index in [0.717, 1.165) is 32.8 Å². The van der Waals surface area contributed by atoms with E-state index in [1.807, 2.05) is 37.3 Å². The number of morpholine rings is 1. The van der Waals surface area contributed by atoms with Gasteiger partial charge in [-0.1, -0.05) is 18.2 Å². The molecular formula is C20H26N4O4. The first-order chi connectivity index (χ1) is 13.6. The number of carbonyl (C=O) groups excluding carboxylic acids is 2. The molecule has 0 bridgehead atoms. The number of rotatable bonds is 7. The second-order valence-electron chi connectivity index (χ2n) is 6.74. The number of hydrogen-bond acceptors (Lipinski definition) is 7. The zero-order valence-electron chi connectivity index (χ0n) is 16.3. The van der Waals surface area contributed by atoms with Crippen molar-refractivity contribution in [2.24, 2.45) is 16.0 Å². The summed E-state index contributed by atoms with van der Waals surface area (Å²) < 4.78 is 10.1. The fourth-order valence-electron chi connectivity index (χ4n) is 3.32. The maximum Gasteiger partial charge on any atom is 0.311 e. The molecule has 3 rings (SSSR count). The predicted molar refractivity (Wildman–Crippen MR) is 107 cm³/mol. The minimum atomic E-state index is -0.635. The molecule has 150 valence electrons. The van der Waals surface area contributed by atoms with Gasteiger partial charge in [0, 0.05) is 25.3 Å². The Bertz CT molecular complexity index is 757. The molecule has 0 saturated carbocycles. The first kappa shape index (κ1) is 20.2. The minimum Gasteiger partial charge on any atom is -0.469 e. The van der Waals surface area contributed by atoms with E-state index in [9.17, 15) is 9.59 Å². The third-order valence-corrected chi connectivity index (χ3v) is 4.87. The lowest BCUT2D eigenvalue weighted by molar-refractivity contribution is -0.139. The van der Waals surface area contributed by atoms with Gasteiger partial charge in [-0.3, -0.25) is 19.5 Å². The Hall–Kier alpha value is -2.58. The number of amides is 1. The molecule has 0 spiro atoms. The zero-order valence-corrected chi connectivity index (χ0v) is 16.3. The summed E-state index contributed by atoms with van der Waals surface area (Å²) in [5.74, 6) is -1.26. The van der Waals surface area contributed by atoms with Gasteiger partial charge in [0.05, 0.1) is 44.7 Å². The van der Waals surface area contributed by atoms with Crippen LogP contribution in [0.4, 0.5) is 5.69 Å². The van der Waals surface area contributed by atoms with Crippen LogP contribution in [-0.4, -0.2) is 74.7 Å². The average Bonchev–Trinajstić information content (AvgIpc) is 3.05. The van der Waals surface area contributed by atoms with Gasteiger partial charge in [-0.2, -0.15) is 10.1 Å². The highest BCUT2D eigenvalue weighted by Crippen LogP contribution is 2.26. The number of nitrogens with zero attached hydrogens (tertiary/aromatic N) is 4. The molecule has 0 N–H and O–H groups in total. The SMILES string of the molecule is COC(=O)CC1=NN(c2ccccc2)C(=O)C1C(C)=NCCN1CCOCC1. The van der Waals surface area contributed by atoms with Crippen LogP contribution >= 0.6 is 0 Å². The van der Waals surface area contributed by atoms with Crippen molar-refractivity contribution in [2.75, 3.05) is 51.5 Å². The highest BCUT2D eigenvalue weighted by Gasteiger charge is 2.39. The highest BCUT2D eigenvalue weighted by molar-refractivity contribution is 6.30. The second kappa shape index (κ2) is 9.57. The summed E-state index contributed by atoms with van der Waals surface area (Å²) in [5, 5.41) is 5.77. The molecule has 1 atom stereocenters. The molecule has 2 heterocycles. The molecule has 8 nitrogen and oxygen atoms in total. The summed E-state index contributed by atoms with van der Waals surface area (Å²) in [7, 11) is 1.33. The number of ether oxygens (including phenoxy) is 2. The van der Waals surface area contributed by atoms with Crippen LogP contribution in [0.2, 0.25) is 0 Å². The van der Waals surface area contributed by atoms with Crippen LogP contribution in [0.1, 0.15) is 13.3 Å². The van der Waals surface area contributed by atoms with E-state index >= 15 is 0 Å². The van der Waals surface area contributed by atoms with E-state index in [-0.39, 0.29) is 12.3 Å². The Morgan fingerprint density at radius 2 is 2.00 bits per heavy atom. The number of carbonyl (C=O) groups is 2. The van der Waals surface area contributed by atoms with E-state index < -0.39 is 11.9 Å². The summed E-state index contributed by atoms with van der Waals surface area (Å²) in [6, 6.07) is 9.18. The van der Waals surface area contributed by atoms with Gasteiger partial charge >= 0.3 is 5.97 Å². The van der Waals surface area contributed by atoms with E-state index in [1.54, 1.807) is 0 Å². The van der Waals surface area contributed by atoms with Gasteiger partial charge in [0.2, 0.25) is 0 Å². The van der Waals surface area contributed by atoms with Crippen LogP contribution < -0.4 is 5.01 Å². The van der Waals surface area contributed by atoms with Gasteiger partial charge in [0.15, 0.2) is 0 Å². The molecule has 2 aliphatic rings. The molecular weight excluding hydrogens is 360 g/mol. The summed E-state index contributed by atoms with van der Waals surface area (Å²) >= 11 is 0. The first-order valence-corrected chi connectivity index (χ1v) is 9.44. The normalized spacial score (nSPS) is 21.0. The van der Waals surface area contributed by atoms with Crippen molar-refractivity contribution >= 4 is 29.0 Å². The number of hydrazone groups is 1. The maximum absolute atomic E-state index is 13.0. The molecule has 8 heteroatoms. The number of para-hydroxylation sites is 1. The van der Waals surface area contributed by atoms with Crippen LogP contribution in [0.25, 0.3) is 0 Å². The Balaban J connectivity index is 1.74. The maximum atomic E-state index is 13.0. The lowest BCUT2D eigenvalue weighted by atomic mass is 9.96. The van der Waals surface area contributed by atoms with E-state index in [2.05, 4.69) is 15.0 Å². The molecule has 1 fully saturated rings. The number of benzene rings is 1. The third kappa shape index (κ3) is 4.82. The van der Waals surface area contributed by atoms with E-state index in [4.69, 9.17) is 9.47 Å². The second-order valence-corrected chi connectivity index (χ2v) is 6.74. The molecule has 1 saturated heterocycles. The zero-order chi connectivity index (χ0) is 19.9. The monoisotopic (exact) mass is 386 g/mol. The van der Waals surface area contributed by atoms with Crippen molar-refractivity contribution in [1.82, 2.24) is 4.90 Å². The summed E-state index contributed by atoms with van der Waals surface area (Å²) in [4.78, 5) is 31.8. The summed E-state index contributed by atoms with van der Waals surface area (Å²) in [5.41, 5.74) is 1.80. The van der Waals surface area contributed by atoms with E-state index in [0.29, 0.717) is 23.7 Å². The Morgan fingerprint density at radius 3 is 2.68 bits per heavy atom. The van der Waals surface area contributed by atoms with Crippen LogP contribution in [-0.2, 0) is 19.1 Å². The fraction of sp³-hybridized carbons (Fsp3) is 0.500. The number of methoxy groups -OCH3 is 1. The predicted octanol–water partition coefficient (Wildman–Crippen LogP) is 1.36. The van der Waals surface area contributed by atoms with Gasteiger partial charge < -0.3 is 9.47 Å². The van der Waals surface area contributed by atoms with Crippen LogP contribution in [0.5, 0.6) is 0 Å². The molecule has 1 aromatic rings. The smallest absolute Gasteiger partial charge is 0.311 e. The quantitative estimate of drug-likeness (QED) is 0.522. The minimum absolute atomic E-state index is 0.0352. The summed E-state index contributed by atoms with van der Waals surface area (Å²) in [6.07, 6.45) is -0.0352. The molecule has 2 aliphatic heterocycles. The van der Waals surface area contributed by atoms with Gasteiger partial charge in [-0.25, -0.2) is 0 Å². The first-order valence-electron chi connectivity index (χ1n) is 9.44. The van der Waals surface area contributed by atoms with E-state index in [1.165, 1.54) is 12.1 Å². The largest absolute Gasteiger partial charge is 0.469 e. The topological polar surface area (TPSA) is 83.8 Å². The van der Waals surface area contributed by atoms with Crippen LogP contribution in [0.15, 0.2) is 40.4 Å². The van der Waals surface area contributed by atoms with Crippen molar-refractivity contribution in [2.45, 2.75) is 13.3 Å². The molecule has 0 radical (unpaired) electrons. The molecule has 1 aromatic carbocycles. The number of esters is 1. The lowest BCUT2D eigenvalue weighted by Crippen LogP contribution is -2.38. The van der Waals surface area contributed by atoms with Crippen molar-refractivity contribution < 1.29 is 19.1 Å². The van der Waals surface area contributed by atoms with Crippen molar-refractivity contribution in [3.05, 3.63) is 30.3 Å². The standard InChI is InChI=1S/C20H26N4O4/c1-15(21-8-9-23-10-12-28-13-11-23)19-17(14-18(25)27-2)22-24(20(19)26)16-6-4-3-5-7-16/h3-7,19H,8-14H2,1-2H3. The molecule has 1 unspecified atom stereocenters. The van der Waals surface area contributed by atoms with Gasteiger partial charge in [-0.05, 0) is 19.1 Å². The Labute approximate surface area is 164 Å². The fourth-order valence-corrected chi connectivity index (χ4v) is 3.32. The number of aliphatic imine (C=N–C) groups is 1. The van der Waals surface area contributed by atoms with Crippen molar-refractivity contribution in [1.29, 1.82) is 0 Å². The average molecular weight is 386 g/mol. The lowest BCUT2D eigenvalue weighted by Gasteiger charge is -2.25. The van der Waals surface area contributed by atoms with Crippen LogP contribution in [0, 0.1) is 5.92 Å². The van der Waals surface area contributed by atoms with Gasteiger partial charge in [-0.15, -0.1) is 0 Å². The molecule has 0 aromatic heterocycles. The molecule has 1 amide bonds. The third-order valence-electron chi connectivity index (χ3n) is 4.87. The number of anilines is 1. The number of hydrogen-bond donors (Lipinski definition) is 0. The highest BCUT2D eigenvalue weighted by atomic mass is 16.5. The summed E-state index contributed by atoms with van der Waals surface area (Å²) in [6.45, 7) is 6.50. The van der Waals surface area contributed by atoms with Crippen molar-refractivity contribution in [3.63, 3.8) is 0 Å². The Kier molecular flexibility index (Phi) is 6.89. The molecule has 0 aliphatic carbocycles. The van der Waals surface area contributed by atoms with Gasteiger partial charge in [0.1, 0.15) is 5.92 Å². The Morgan fingerprint density at radius 1 is 1.29 bits per heavy atom. The van der Waals surface area contributed by atoms with Gasteiger partial charge in [0.25, 0.3) is 5.91 Å². The van der Waals surface area contributed by atoms with Crippen molar-refractivity contribution in [3.8, 4) is 0 Å². The van der Waals surface area contributed by atoms with Crippen LogP contribution in [0.3, 0.4) is 0 Å².